The smallest absolute Gasteiger partial charge is 0.545 e. The van der Waals surface area contributed by atoms with Gasteiger partial charge in [0.25, 0.3) is 0 Å². The van der Waals surface area contributed by atoms with Gasteiger partial charge in [-0.05, 0) is 93.1 Å². The van der Waals surface area contributed by atoms with Crippen molar-refractivity contribution < 1.29 is 73.2 Å². The van der Waals surface area contributed by atoms with Gasteiger partial charge in [-0.3, -0.25) is 0 Å². The quantitative estimate of drug-likeness (QED) is 0.213. The van der Waals surface area contributed by atoms with E-state index in [1.54, 1.807) is 48.5 Å². The molecule has 0 spiro atoms. The number of carbonyl (C=O) groups is 4. The van der Waals surface area contributed by atoms with Crippen LogP contribution in [0.4, 0.5) is 0 Å². The molecule has 0 saturated heterocycles. The van der Waals surface area contributed by atoms with Gasteiger partial charge >= 0.3 is 33.6 Å². The average molecular weight is 905 g/mol. The number of carbonyl (C=O) groups excluding carboxylic acids is 4. The Kier molecular flexibility index (Phi) is 11.8. The van der Waals surface area contributed by atoms with Crippen LogP contribution in [-0.2, 0) is 33.6 Å². The van der Waals surface area contributed by atoms with Crippen molar-refractivity contribution in [3.63, 3.8) is 0 Å². The van der Waals surface area contributed by atoms with Gasteiger partial charge in [0.15, 0.2) is 0 Å². The van der Waals surface area contributed by atoms with E-state index >= 15 is 0 Å². The summed E-state index contributed by atoms with van der Waals surface area (Å²) in [6.45, 7) is 0. The molecule has 9 rings (SSSR count). The first-order chi connectivity index (χ1) is 29.0. The minimum Gasteiger partial charge on any atom is -0.545 e. The van der Waals surface area contributed by atoms with E-state index in [1.807, 2.05) is 48.6 Å². The number of carboxylic acids is 4. The zero-order valence-corrected chi connectivity index (χ0v) is 33.8. The van der Waals surface area contributed by atoms with E-state index < -0.39 is 23.9 Å². The number of H-pyrrole nitrogens is 2. The molecule has 2 aliphatic rings. The molecule has 304 valence electrons. The molecule has 0 saturated carbocycles. The third kappa shape index (κ3) is 7.89. The molecule has 0 unspecified atom stereocenters. The number of nitrogens with one attached hydrogen (secondary N) is 2. The molecule has 2 radical (unpaired) electrons. The summed E-state index contributed by atoms with van der Waals surface area (Å²) in [6, 6.07) is 32.4. The second kappa shape index (κ2) is 17.2. The second-order valence-electron chi connectivity index (χ2n) is 14.0. The molecule has 0 fully saturated rings. The Morgan fingerprint density at radius 2 is 0.516 bits per heavy atom. The van der Waals surface area contributed by atoms with Gasteiger partial charge in [0, 0.05) is 44.3 Å². The molecular formula is C48H26Co2N4O8. The standard InChI is InChI=1S/C48H30N4O8.2Co/c53-45(54)29-9-1-25(2-10-29)41-33-17-19-35(49-33)42(26-3-11-30(12-4-26)46(55)56)37-21-23-39(51-37)44(28-7-15-32(16-8-28)48(59)60)40-24-22-38(52-40)43(36-20-18-34(41)50-36)27-5-13-31(14-6-27)47(57)58;;/h1-24,49,52H,(H,53,54)(H,55,56)(H,57,58)(H,59,60);;/q;2*+2/p-4. The Morgan fingerprint density at radius 3 is 0.694 bits per heavy atom. The maximum absolute atomic E-state index is 11.7. The van der Waals surface area contributed by atoms with E-state index in [1.165, 1.54) is 48.5 Å². The van der Waals surface area contributed by atoms with Crippen LogP contribution >= 0.6 is 0 Å². The van der Waals surface area contributed by atoms with Crippen LogP contribution in [-0.4, -0.2) is 43.8 Å². The summed E-state index contributed by atoms with van der Waals surface area (Å²) in [6.07, 6.45) is 7.33. The Bertz CT molecular complexity index is 2770. The number of fused-ring (bicyclic) bond motifs is 8. The topological polar surface area (TPSA) is 218 Å². The predicted octanol–water partition coefficient (Wildman–Crippen LogP) is 4.77. The number of hydrogen-bond donors (Lipinski definition) is 2. The van der Waals surface area contributed by atoms with Crippen molar-refractivity contribution in [3.8, 4) is 44.5 Å². The Hall–Kier alpha value is -7.63. The molecule has 62 heavy (non-hydrogen) atoms. The molecule has 8 bridgehead atoms. The Morgan fingerprint density at radius 1 is 0.323 bits per heavy atom. The molecule has 2 aliphatic heterocycles. The maximum Gasteiger partial charge on any atom is 2.00 e. The van der Waals surface area contributed by atoms with E-state index in [9.17, 15) is 39.6 Å². The van der Waals surface area contributed by atoms with Crippen molar-refractivity contribution in [2.75, 3.05) is 0 Å². The SMILES string of the molecule is O=C([O-])c1ccc(-c2c3nc(c(-c4ccc(C(=O)[O-])cc4)c4ccc([nH]4)c(-c4ccc(C(=O)[O-])cc4)c4nc(c(-c5ccc(C(=O)[O-])cc5)c5ccc2[nH]5)C=C4)C=C3)cc1.[Co+2].[Co+2]. The van der Waals surface area contributed by atoms with Crippen LogP contribution in [0.5, 0.6) is 0 Å². The summed E-state index contributed by atoms with van der Waals surface area (Å²) in [7, 11) is 0. The van der Waals surface area contributed by atoms with E-state index in [0.717, 1.165) is 0 Å². The average Bonchev–Trinajstić information content (AvgIpc) is 4.10. The minimum absolute atomic E-state index is 0. The summed E-state index contributed by atoms with van der Waals surface area (Å²) in [4.78, 5) is 64.2. The third-order valence-corrected chi connectivity index (χ3v) is 10.4. The van der Waals surface area contributed by atoms with Crippen molar-refractivity contribution >= 4 is 70.2 Å². The van der Waals surface area contributed by atoms with Crippen LogP contribution < -0.4 is 20.4 Å². The van der Waals surface area contributed by atoms with Gasteiger partial charge in [-0.2, -0.15) is 0 Å². The minimum atomic E-state index is -1.32. The molecule has 2 N–H and O–H groups in total. The van der Waals surface area contributed by atoms with E-state index in [0.29, 0.717) is 89.4 Å². The van der Waals surface area contributed by atoms with Crippen LogP contribution in [0.1, 0.15) is 64.2 Å². The van der Waals surface area contributed by atoms with Crippen LogP contribution in [0.25, 0.3) is 90.9 Å². The number of benzene rings is 4. The Balaban J connectivity index is 0.00000289. The number of carboxylic acid groups (broad SMARTS) is 4. The summed E-state index contributed by atoms with van der Waals surface area (Å²) in [5.41, 5.74) is 9.58. The fourth-order valence-electron chi connectivity index (χ4n) is 7.51. The van der Waals surface area contributed by atoms with Gasteiger partial charge in [0.1, 0.15) is 0 Å². The molecule has 0 amide bonds. The van der Waals surface area contributed by atoms with Crippen LogP contribution in [0.15, 0.2) is 121 Å². The normalized spacial score (nSPS) is 11.4. The van der Waals surface area contributed by atoms with E-state index in [2.05, 4.69) is 9.97 Å². The van der Waals surface area contributed by atoms with Crippen molar-refractivity contribution in [1.29, 1.82) is 0 Å². The first kappa shape index (κ1) is 42.5. The van der Waals surface area contributed by atoms with Crippen LogP contribution in [0, 0.1) is 0 Å². The summed E-state index contributed by atoms with van der Waals surface area (Å²) in [5.74, 6) is -5.30. The van der Waals surface area contributed by atoms with Crippen molar-refractivity contribution in [1.82, 2.24) is 19.9 Å². The number of rotatable bonds is 8. The number of aromatic carboxylic acids is 4. The molecule has 0 aliphatic carbocycles. The number of aromatic amines is 2. The zero-order chi connectivity index (χ0) is 41.7. The molecule has 5 heterocycles. The van der Waals surface area contributed by atoms with Gasteiger partial charge in [-0.25, -0.2) is 9.97 Å². The van der Waals surface area contributed by atoms with Gasteiger partial charge in [-0.15, -0.1) is 0 Å². The van der Waals surface area contributed by atoms with Crippen LogP contribution in [0.2, 0.25) is 0 Å². The van der Waals surface area contributed by atoms with E-state index in [-0.39, 0.29) is 55.8 Å². The fourth-order valence-corrected chi connectivity index (χ4v) is 7.51. The maximum atomic E-state index is 11.7. The number of aromatic nitrogens is 4. The number of nitrogens with zero attached hydrogens (tertiary/aromatic N) is 2. The van der Waals surface area contributed by atoms with Crippen molar-refractivity contribution in [2.45, 2.75) is 0 Å². The molecule has 12 nitrogen and oxygen atoms in total. The predicted molar refractivity (Wildman–Crippen MR) is 218 cm³/mol. The summed E-state index contributed by atoms with van der Waals surface area (Å²) >= 11 is 0. The molecule has 14 heteroatoms. The largest absolute Gasteiger partial charge is 2.00 e. The zero-order valence-electron chi connectivity index (χ0n) is 31.7. The van der Waals surface area contributed by atoms with Crippen molar-refractivity contribution in [2.24, 2.45) is 0 Å². The monoisotopic (exact) mass is 904 g/mol. The first-order valence-electron chi connectivity index (χ1n) is 18.5. The van der Waals surface area contributed by atoms with Gasteiger partial charge in [-0.1, -0.05) is 97.1 Å². The third-order valence-electron chi connectivity index (χ3n) is 10.4. The van der Waals surface area contributed by atoms with Gasteiger partial charge in [0.05, 0.1) is 46.7 Å². The first-order valence-corrected chi connectivity index (χ1v) is 18.5. The summed E-state index contributed by atoms with van der Waals surface area (Å²) in [5, 5.41) is 46.8. The Labute approximate surface area is 372 Å². The molecule has 7 aromatic rings. The van der Waals surface area contributed by atoms with Gasteiger partial charge in [0.2, 0.25) is 0 Å². The summed E-state index contributed by atoms with van der Waals surface area (Å²) < 4.78 is 0. The second-order valence-corrected chi connectivity index (χ2v) is 14.0. The molecule has 3 aromatic heterocycles. The van der Waals surface area contributed by atoms with E-state index in [4.69, 9.17) is 9.97 Å². The molecule has 0 atom stereocenters. The molecular weight excluding hydrogens is 878 g/mol. The number of hydrogen-bond acceptors (Lipinski definition) is 10. The van der Waals surface area contributed by atoms with Crippen molar-refractivity contribution in [3.05, 3.63) is 166 Å². The van der Waals surface area contributed by atoms with Gasteiger partial charge < -0.3 is 49.6 Å². The van der Waals surface area contributed by atoms with Crippen LogP contribution in [0.3, 0.4) is 0 Å². The molecule has 4 aromatic carbocycles. The fraction of sp³-hybridized carbons (Fsp3) is 0.